The lowest BCUT2D eigenvalue weighted by Gasteiger charge is -2.28. The molecule has 28 heavy (non-hydrogen) atoms. The summed E-state index contributed by atoms with van der Waals surface area (Å²) in [5.74, 6) is -0.420. The van der Waals surface area contributed by atoms with Gasteiger partial charge in [-0.25, -0.2) is 9.69 Å². The van der Waals surface area contributed by atoms with Gasteiger partial charge in [0.2, 0.25) is 0 Å². The number of hydrogen-bond acceptors (Lipinski definition) is 4. The fourth-order valence-corrected chi connectivity index (χ4v) is 4.52. The van der Waals surface area contributed by atoms with Crippen LogP contribution in [0, 0.1) is 11.3 Å². The molecule has 2 aliphatic heterocycles. The minimum atomic E-state index is -1.18. The van der Waals surface area contributed by atoms with Crippen molar-refractivity contribution in [2.75, 3.05) is 11.4 Å². The number of halogens is 2. The van der Waals surface area contributed by atoms with Crippen molar-refractivity contribution in [1.82, 2.24) is 4.90 Å². The van der Waals surface area contributed by atoms with E-state index in [0.717, 1.165) is 10.5 Å². The molecule has 6 nitrogen and oxygen atoms in total. The third-order valence-electron chi connectivity index (χ3n) is 5.19. The molecule has 8 heteroatoms. The number of aliphatic hydroxyl groups is 1. The predicted octanol–water partition coefficient (Wildman–Crippen LogP) is 3.38. The molecule has 2 saturated heterocycles. The second kappa shape index (κ2) is 6.78. The number of nitriles is 1. The summed E-state index contributed by atoms with van der Waals surface area (Å²) in [5.41, 5.74) is 0.425. The van der Waals surface area contributed by atoms with E-state index in [2.05, 4.69) is 0 Å². The number of hydrogen-bond donors (Lipinski definition) is 1. The summed E-state index contributed by atoms with van der Waals surface area (Å²) in [7, 11) is 0. The first kappa shape index (κ1) is 18.8. The molecule has 0 aliphatic carbocycles. The number of β-amino-alcohol motifs (C(OH)–C–C–N with tert-alkyl or cyclic N) is 1. The first-order chi connectivity index (χ1) is 13.3. The van der Waals surface area contributed by atoms with E-state index in [4.69, 9.17) is 28.5 Å². The molecule has 2 aromatic rings. The van der Waals surface area contributed by atoms with Crippen molar-refractivity contribution in [3.63, 3.8) is 0 Å². The van der Waals surface area contributed by atoms with E-state index in [1.54, 1.807) is 24.3 Å². The Hall–Kier alpha value is -2.59. The van der Waals surface area contributed by atoms with E-state index in [1.807, 2.05) is 6.07 Å². The summed E-state index contributed by atoms with van der Waals surface area (Å²) in [6.07, 6.45) is -0.399. The van der Waals surface area contributed by atoms with Crippen LogP contribution in [0.1, 0.15) is 17.5 Å². The highest BCUT2D eigenvalue weighted by molar-refractivity contribution is 6.35. The highest BCUT2D eigenvalue weighted by Gasteiger charge is 2.62. The average molecular weight is 416 g/mol. The molecule has 2 aromatic carbocycles. The van der Waals surface area contributed by atoms with E-state index < -0.39 is 23.6 Å². The smallest absolute Gasteiger partial charge is 0.332 e. The van der Waals surface area contributed by atoms with Gasteiger partial charge in [0.15, 0.2) is 0 Å². The molecular weight excluding hydrogens is 401 g/mol. The predicted molar refractivity (Wildman–Crippen MR) is 104 cm³/mol. The number of benzene rings is 2. The van der Waals surface area contributed by atoms with Gasteiger partial charge in [0.1, 0.15) is 5.54 Å². The Morgan fingerprint density at radius 3 is 2.39 bits per heavy atom. The maximum Gasteiger partial charge on any atom is 0.332 e. The van der Waals surface area contributed by atoms with Crippen LogP contribution in [0.15, 0.2) is 42.5 Å². The number of fused-ring (bicyclic) bond motifs is 1. The minimum absolute atomic E-state index is 0.0750. The largest absolute Gasteiger partial charge is 0.391 e. The van der Waals surface area contributed by atoms with Gasteiger partial charge in [-0.05, 0) is 35.9 Å². The fraction of sp³-hybridized carbons (Fsp3) is 0.250. The van der Waals surface area contributed by atoms with Crippen LogP contribution in [0.2, 0.25) is 10.0 Å². The molecule has 2 heterocycles. The van der Waals surface area contributed by atoms with Gasteiger partial charge < -0.3 is 10.0 Å². The first-order valence-corrected chi connectivity index (χ1v) is 9.39. The molecule has 0 aromatic heterocycles. The standard InChI is InChI=1S/C20H15Cl2N3O3/c21-14-5-15(22)7-16(6-14)25-18(27)20(9-17(26)11-24(20)19(25)28)8-12-1-3-13(10-23)4-2-12/h1-7,17,26H,8-9,11H2/t17-,20+/m1/s1. The van der Waals surface area contributed by atoms with E-state index in [9.17, 15) is 14.7 Å². The van der Waals surface area contributed by atoms with E-state index in [-0.39, 0.29) is 19.4 Å². The molecule has 4 rings (SSSR count). The summed E-state index contributed by atoms with van der Waals surface area (Å²) in [5, 5.41) is 19.8. The van der Waals surface area contributed by atoms with Crippen LogP contribution in [-0.2, 0) is 11.2 Å². The van der Waals surface area contributed by atoms with Crippen molar-refractivity contribution in [1.29, 1.82) is 5.26 Å². The van der Waals surface area contributed by atoms with Gasteiger partial charge in [0, 0.05) is 29.4 Å². The Morgan fingerprint density at radius 2 is 1.79 bits per heavy atom. The van der Waals surface area contributed by atoms with Crippen LogP contribution in [0.5, 0.6) is 0 Å². The number of nitrogens with zero attached hydrogens (tertiary/aromatic N) is 3. The monoisotopic (exact) mass is 415 g/mol. The number of carbonyl (C=O) groups is 2. The summed E-state index contributed by atoms with van der Waals surface area (Å²) in [6.45, 7) is 0.0750. The number of aliphatic hydroxyl groups excluding tert-OH is 1. The SMILES string of the molecule is N#Cc1ccc(C[C@@]23C[C@@H](O)CN2C(=O)N(c2cc(Cl)cc(Cl)c2)C3=O)cc1. The third-order valence-corrected chi connectivity index (χ3v) is 5.63. The normalized spacial score (nSPS) is 23.9. The van der Waals surface area contributed by atoms with Gasteiger partial charge in [-0.15, -0.1) is 0 Å². The molecule has 0 saturated carbocycles. The number of carbonyl (C=O) groups excluding carboxylic acids is 2. The second-order valence-corrected chi connectivity index (χ2v) is 7.91. The lowest BCUT2D eigenvalue weighted by atomic mass is 9.87. The maximum atomic E-state index is 13.4. The highest BCUT2D eigenvalue weighted by Crippen LogP contribution is 2.43. The van der Waals surface area contributed by atoms with Crippen molar-refractivity contribution in [2.24, 2.45) is 0 Å². The molecular formula is C20H15Cl2N3O3. The summed E-state index contributed by atoms with van der Waals surface area (Å²) >= 11 is 12.1. The van der Waals surface area contributed by atoms with Crippen LogP contribution >= 0.6 is 23.2 Å². The van der Waals surface area contributed by atoms with Crippen LogP contribution in [-0.4, -0.2) is 40.1 Å². The Bertz CT molecular complexity index is 998. The first-order valence-electron chi connectivity index (χ1n) is 8.63. The zero-order chi connectivity index (χ0) is 20.1. The van der Waals surface area contributed by atoms with E-state index >= 15 is 0 Å². The number of imide groups is 1. The quantitative estimate of drug-likeness (QED) is 0.778. The van der Waals surface area contributed by atoms with Gasteiger partial charge in [0.05, 0.1) is 23.4 Å². The van der Waals surface area contributed by atoms with Gasteiger partial charge in [-0.2, -0.15) is 5.26 Å². The topological polar surface area (TPSA) is 84.6 Å². The molecule has 2 aliphatic rings. The zero-order valence-corrected chi connectivity index (χ0v) is 16.1. The van der Waals surface area contributed by atoms with Gasteiger partial charge >= 0.3 is 6.03 Å². The number of anilines is 1. The van der Waals surface area contributed by atoms with Crippen molar-refractivity contribution < 1.29 is 14.7 Å². The number of urea groups is 1. The van der Waals surface area contributed by atoms with Crippen LogP contribution in [0.25, 0.3) is 0 Å². The van der Waals surface area contributed by atoms with Crippen LogP contribution in [0.4, 0.5) is 10.5 Å². The fourth-order valence-electron chi connectivity index (χ4n) is 4.00. The molecule has 0 unspecified atom stereocenters. The summed E-state index contributed by atoms with van der Waals surface area (Å²) in [6, 6.07) is 12.9. The molecule has 2 fully saturated rings. The van der Waals surface area contributed by atoms with Crippen molar-refractivity contribution >= 4 is 40.8 Å². The van der Waals surface area contributed by atoms with Gasteiger partial charge in [0.25, 0.3) is 5.91 Å². The minimum Gasteiger partial charge on any atom is -0.391 e. The molecule has 2 atom stereocenters. The molecule has 1 N–H and O–H groups in total. The molecule has 0 radical (unpaired) electrons. The zero-order valence-electron chi connectivity index (χ0n) is 14.6. The molecule has 142 valence electrons. The second-order valence-electron chi connectivity index (χ2n) is 7.04. The van der Waals surface area contributed by atoms with Crippen molar-refractivity contribution in [3.05, 3.63) is 63.6 Å². The van der Waals surface area contributed by atoms with Crippen LogP contribution in [0.3, 0.4) is 0 Å². The van der Waals surface area contributed by atoms with Gasteiger partial charge in [-0.1, -0.05) is 35.3 Å². The maximum absolute atomic E-state index is 13.4. The highest BCUT2D eigenvalue weighted by atomic mass is 35.5. The molecule has 3 amide bonds. The Balaban J connectivity index is 1.74. The average Bonchev–Trinajstić information content (AvgIpc) is 3.07. The van der Waals surface area contributed by atoms with E-state index in [1.165, 1.54) is 23.1 Å². The van der Waals surface area contributed by atoms with Crippen LogP contribution < -0.4 is 4.90 Å². The third kappa shape index (κ3) is 2.92. The Kier molecular flexibility index (Phi) is 4.54. The van der Waals surface area contributed by atoms with E-state index in [0.29, 0.717) is 21.3 Å². The van der Waals surface area contributed by atoms with Crippen molar-refractivity contribution in [2.45, 2.75) is 24.5 Å². The summed E-state index contributed by atoms with van der Waals surface area (Å²) < 4.78 is 0. The number of rotatable bonds is 3. The lowest BCUT2D eigenvalue weighted by molar-refractivity contribution is -0.124. The van der Waals surface area contributed by atoms with Gasteiger partial charge in [-0.3, -0.25) is 4.79 Å². The summed E-state index contributed by atoms with van der Waals surface area (Å²) in [4.78, 5) is 29.0. The van der Waals surface area contributed by atoms with Crippen molar-refractivity contribution in [3.8, 4) is 6.07 Å². The molecule has 0 bridgehead atoms. The Labute approximate surface area is 171 Å². The lowest BCUT2D eigenvalue weighted by Crippen LogP contribution is -2.47. The molecule has 0 spiro atoms. The Morgan fingerprint density at radius 1 is 1.14 bits per heavy atom. The number of amides is 3.